The molecule has 0 aromatic heterocycles. The Morgan fingerprint density at radius 1 is 0.507 bits per heavy atom. The highest BCUT2D eigenvalue weighted by Gasteiger charge is 2.52. The van der Waals surface area contributed by atoms with Crippen molar-refractivity contribution in [2.24, 2.45) is 0 Å². The second-order valence-electron chi connectivity index (χ2n) is 27.3. The summed E-state index contributed by atoms with van der Waals surface area (Å²) in [6, 6.07) is 37.3. The van der Waals surface area contributed by atoms with Crippen molar-refractivity contribution in [3.05, 3.63) is 164 Å². The molecule has 2 bridgehead atoms. The van der Waals surface area contributed by atoms with Crippen molar-refractivity contribution in [3.63, 3.8) is 0 Å². The molecule has 0 N–H and O–H groups in total. The third kappa shape index (κ3) is 6.88. The molecule has 13 rings (SSSR count). The Morgan fingerprint density at radius 2 is 1.07 bits per heavy atom. The number of hydrogen-bond acceptors (Lipinski definition) is 3. The summed E-state index contributed by atoms with van der Waals surface area (Å²) in [4.78, 5) is 5.25. The van der Waals surface area contributed by atoms with E-state index < -0.39 is 0 Å². The predicted octanol–water partition coefficient (Wildman–Crippen LogP) is 16.6. The molecule has 0 atom stereocenters. The van der Waals surface area contributed by atoms with Crippen LogP contribution in [0.5, 0.6) is 0 Å². The van der Waals surface area contributed by atoms with Gasteiger partial charge < -0.3 is 9.64 Å². The van der Waals surface area contributed by atoms with Crippen LogP contribution in [0.2, 0.25) is 0 Å². The second kappa shape index (κ2) is 15.1. The minimum Gasteiger partial charge on any atom is -0.474 e. The fraction of sp³-hybridized carbons (Fsp3) is 0.433. The van der Waals surface area contributed by atoms with Gasteiger partial charge in [-0.2, -0.15) is 0 Å². The summed E-state index contributed by atoms with van der Waals surface area (Å²) in [5.41, 5.74) is 29.9. The zero-order valence-corrected chi connectivity index (χ0v) is 46.0. The van der Waals surface area contributed by atoms with E-state index in [9.17, 15) is 0 Å². The second-order valence-corrected chi connectivity index (χ2v) is 27.3. The van der Waals surface area contributed by atoms with Crippen LogP contribution in [-0.4, -0.2) is 6.71 Å². The van der Waals surface area contributed by atoms with Gasteiger partial charge in [-0.3, -0.25) is 4.90 Å². The molecule has 3 heterocycles. The third-order valence-corrected chi connectivity index (χ3v) is 19.1. The number of aryl methyl sites for hydroxylation is 4. The van der Waals surface area contributed by atoms with Crippen molar-refractivity contribution in [1.82, 2.24) is 0 Å². The molecule has 3 nitrogen and oxygen atoms in total. The predicted molar refractivity (Wildman–Crippen MR) is 303 cm³/mol. The maximum atomic E-state index is 7.58. The van der Waals surface area contributed by atoms with Crippen LogP contribution in [0.1, 0.15) is 188 Å². The minimum absolute atomic E-state index is 0.0267. The van der Waals surface area contributed by atoms with Gasteiger partial charge in [-0.25, -0.2) is 0 Å². The van der Waals surface area contributed by atoms with Crippen molar-refractivity contribution in [2.75, 3.05) is 9.80 Å². The lowest BCUT2D eigenvalue weighted by molar-refractivity contribution is 0.181. The van der Waals surface area contributed by atoms with E-state index in [-0.39, 0.29) is 39.2 Å². The number of fused-ring (bicyclic) bond motifs is 8. The molecule has 0 radical (unpaired) electrons. The van der Waals surface area contributed by atoms with Gasteiger partial charge in [0.2, 0.25) is 0 Å². The lowest BCUT2D eigenvalue weighted by Crippen LogP contribution is -2.56. The number of benzene rings is 6. The molecule has 0 amide bonds. The average molecular weight is 937 g/mol. The Morgan fingerprint density at radius 3 is 1.68 bits per heavy atom. The van der Waals surface area contributed by atoms with Crippen LogP contribution >= 0.6 is 0 Å². The summed E-state index contributed by atoms with van der Waals surface area (Å²) >= 11 is 0. The monoisotopic (exact) mass is 937 g/mol. The van der Waals surface area contributed by atoms with E-state index in [0.717, 1.165) is 12.3 Å². The van der Waals surface area contributed by atoms with Crippen molar-refractivity contribution in [3.8, 4) is 11.1 Å². The van der Waals surface area contributed by atoms with E-state index >= 15 is 0 Å². The van der Waals surface area contributed by atoms with Crippen LogP contribution in [0.25, 0.3) is 16.6 Å². The first-order valence-electron chi connectivity index (χ1n) is 27.1. The Bertz CT molecular complexity index is 3300. The van der Waals surface area contributed by atoms with Gasteiger partial charge in [-0.15, -0.1) is 0 Å². The molecule has 4 aliphatic carbocycles. The highest BCUT2D eigenvalue weighted by molar-refractivity contribution is 7.03. The summed E-state index contributed by atoms with van der Waals surface area (Å²) in [6.45, 7) is 38.7. The topological polar surface area (TPSA) is 15.7 Å². The van der Waals surface area contributed by atoms with Gasteiger partial charge in [0.15, 0.2) is 5.88 Å². The van der Waals surface area contributed by atoms with Crippen molar-refractivity contribution in [2.45, 2.75) is 188 Å². The molecule has 0 saturated heterocycles. The number of anilines is 5. The van der Waals surface area contributed by atoms with Crippen LogP contribution in [0, 0.1) is 27.7 Å². The summed E-state index contributed by atoms with van der Waals surface area (Å²) in [5, 5.41) is 0. The highest BCUT2D eigenvalue weighted by atomic mass is 16.5. The number of ether oxygens (including phenoxy) is 1. The molecule has 4 heteroatoms. The molecule has 3 aliphatic heterocycles. The lowest BCUT2D eigenvalue weighted by Gasteiger charge is -2.53. The molecule has 364 valence electrons. The molecule has 6 aromatic carbocycles. The van der Waals surface area contributed by atoms with E-state index in [0.29, 0.717) is 6.61 Å². The van der Waals surface area contributed by atoms with Crippen molar-refractivity contribution >= 4 is 51.5 Å². The lowest BCUT2D eigenvalue weighted by atomic mass is 9.32. The zero-order chi connectivity index (χ0) is 50.3. The smallest absolute Gasteiger partial charge is 0.257 e. The van der Waals surface area contributed by atoms with E-state index in [1.807, 2.05) is 0 Å². The third-order valence-electron chi connectivity index (χ3n) is 19.1. The molecule has 1 saturated carbocycles. The van der Waals surface area contributed by atoms with Gasteiger partial charge in [0.05, 0.1) is 0 Å². The molecular formula is C67H77BN2O. The first kappa shape index (κ1) is 46.6. The fourth-order valence-electron chi connectivity index (χ4n) is 14.5. The van der Waals surface area contributed by atoms with Gasteiger partial charge in [-0.1, -0.05) is 143 Å². The summed E-state index contributed by atoms with van der Waals surface area (Å²) in [6.07, 6.45) is 7.37. The molecule has 0 unspecified atom stereocenters. The minimum atomic E-state index is -0.0718. The molecule has 71 heavy (non-hydrogen) atoms. The van der Waals surface area contributed by atoms with Crippen molar-refractivity contribution in [1.29, 1.82) is 0 Å². The molecule has 0 spiro atoms. The van der Waals surface area contributed by atoms with Gasteiger partial charge in [-0.05, 0) is 224 Å². The largest absolute Gasteiger partial charge is 0.474 e. The average Bonchev–Trinajstić information content (AvgIpc) is 3.29. The number of nitrogens with zero attached hydrogens (tertiary/aromatic N) is 2. The standard InChI is InChI=1S/C67H77BN2O/c1-39-29-41(3)58(42(4)30-39)43-33-56-60-57(34-43)70(54-21-17-45(31-40(54)2)62(5,6)7)55-22-18-46(63(8,9)10)35-53(55)68(60)59-48-37-52-51(66(15)25-27-67(52,16)28-26-66)32-44(48)38-71-61(59)69(56)47-19-20-49-50(36-47)65(13,14)24-23-64(49,11)12/h17-22,29-37H,23-28,38H2,1-16H3. The van der Waals surface area contributed by atoms with Crippen LogP contribution in [-0.2, 0) is 43.8 Å². The van der Waals surface area contributed by atoms with Gasteiger partial charge in [0.1, 0.15) is 6.61 Å². The van der Waals surface area contributed by atoms with E-state index in [4.69, 9.17) is 4.74 Å². The fourth-order valence-corrected chi connectivity index (χ4v) is 14.5. The normalized spacial score (nSPS) is 22.3. The van der Waals surface area contributed by atoms with Crippen LogP contribution < -0.4 is 20.7 Å². The Balaban J connectivity index is 1.24. The maximum absolute atomic E-state index is 7.58. The molecule has 7 aliphatic rings. The zero-order valence-electron chi connectivity index (χ0n) is 46.0. The first-order valence-corrected chi connectivity index (χ1v) is 27.1. The molecule has 6 aromatic rings. The Hall–Kier alpha value is -5.48. The van der Waals surface area contributed by atoms with E-state index in [1.54, 1.807) is 11.1 Å². The Labute approximate surface area is 427 Å². The SMILES string of the molecule is Cc1cc(C)c(-c2cc3c4c(c2)N(c2ccc(C(C)(C)C)cc2C)c2ccc(C(C)(C)C)cc2B4C2=C(OCc4cc5c(cc42)C2(C)CCC5(C)CC2)N3c2ccc3c(c2)C(C)(C)CCC3(C)C)c(C)c1. The van der Waals surface area contributed by atoms with Crippen LogP contribution in [0.3, 0.4) is 0 Å². The van der Waals surface area contributed by atoms with E-state index in [1.165, 1.54) is 144 Å². The van der Waals surface area contributed by atoms with Crippen molar-refractivity contribution < 1.29 is 4.74 Å². The summed E-state index contributed by atoms with van der Waals surface area (Å²) < 4.78 is 7.58. The molecular weight excluding hydrogens is 860 g/mol. The summed E-state index contributed by atoms with van der Waals surface area (Å²) in [7, 11) is 0. The van der Waals surface area contributed by atoms with Gasteiger partial charge in [0, 0.05) is 28.4 Å². The van der Waals surface area contributed by atoms with Gasteiger partial charge >= 0.3 is 0 Å². The van der Waals surface area contributed by atoms with Crippen LogP contribution in [0.4, 0.5) is 28.4 Å². The highest BCUT2D eigenvalue weighted by Crippen LogP contribution is 2.59. The number of rotatable bonds is 3. The first-order chi connectivity index (χ1) is 33.3. The quantitative estimate of drug-likeness (QED) is 0.164. The van der Waals surface area contributed by atoms with Crippen LogP contribution in [0.15, 0.2) is 96.9 Å². The maximum Gasteiger partial charge on any atom is 0.257 e. The molecule has 1 fully saturated rings. The Kier molecular flexibility index (Phi) is 9.88. The van der Waals surface area contributed by atoms with E-state index in [2.05, 4.69) is 212 Å². The number of hydrogen-bond donors (Lipinski definition) is 0. The summed E-state index contributed by atoms with van der Waals surface area (Å²) in [5.74, 6) is 0.992. The van der Waals surface area contributed by atoms with Gasteiger partial charge in [0.25, 0.3) is 6.71 Å².